The quantitative estimate of drug-likeness (QED) is 0.134. The lowest BCUT2D eigenvalue weighted by atomic mass is 10.0. The van der Waals surface area contributed by atoms with Gasteiger partial charge in [-0.15, -0.1) is 0 Å². The predicted octanol–water partition coefficient (Wildman–Crippen LogP) is -2.27. The van der Waals surface area contributed by atoms with Gasteiger partial charge >= 0.3 is 11.9 Å². The van der Waals surface area contributed by atoms with Gasteiger partial charge in [0.25, 0.3) is 0 Å². The molecule has 13 nitrogen and oxygen atoms in total. The summed E-state index contributed by atoms with van der Waals surface area (Å²) < 4.78 is 0. The molecular formula is C20H35N5O8. The molecule has 0 spiro atoms. The molecule has 9 N–H and O–H groups in total. The van der Waals surface area contributed by atoms with Gasteiger partial charge in [-0.1, -0.05) is 0 Å². The van der Waals surface area contributed by atoms with E-state index in [0.717, 1.165) is 0 Å². The first-order valence-corrected chi connectivity index (χ1v) is 11.0. The smallest absolute Gasteiger partial charge is 0.326 e. The van der Waals surface area contributed by atoms with Crippen molar-refractivity contribution < 1.29 is 39.3 Å². The lowest BCUT2D eigenvalue weighted by molar-refractivity contribution is -0.149. The van der Waals surface area contributed by atoms with Crippen LogP contribution in [0.5, 0.6) is 0 Å². The van der Waals surface area contributed by atoms with E-state index in [1.807, 2.05) is 0 Å². The summed E-state index contributed by atoms with van der Waals surface area (Å²) in [5.74, 6) is -4.49. The fourth-order valence-electron chi connectivity index (χ4n) is 3.57. The van der Waals surface area contributed by atoms with Crippen LogP contribution in [0.25, 0.3) is 0 Å². The second kappa shape index (κ2) is 13.7. The summed E-state index contributed by atoms with van der Waals surface area (Å²) in [4.78, 5) is 61.5. The fraction of sp³-hybridized carbons (Fsp3) is 0.750. The van der Waals surface area contributed by atoms with Gasteiger partial charge in [0.2, 0.25) is 17.7 Å². The summed E-state index contributed by atoms with van der Waals surface area (Å²) in [6.07, 6.45) is 0.237. The molecule has 3 amide bonds. The average molecular weight is 474 g/mol. The molecule has 1 saturated heterocycles. The summed E-state index contributed by atoms with van der Waals surface area (Å²) in [7, 11) is 0. The van der Waals surface area contributed by atoms with Gasteiger partial charge in [0, 0.05) is 13.0 Å². The molecule has 1 aliphatic rings. The van der Waals surface area contributed by atoms with Crippen LogP contribution in [-0.4, -0.2) is 93.2 Å². The van der Waals surface area contributed by atoms with Gasteiger partial charge in [0.1, 0.15) is 18.1 Å². The van der Waals surface area contributed by atoms with Gasteiger partial charge < -0.3 is 42.3 Å². The lowest BCUT2D eigenvalue weighted by Crippen LogP contribution is -2.59. The minimum absolute atomic E-state index is 0.166. The van der Waals surface area contributed by atoms with E-state index in [1.54, 1.807) is 0 Å². The second-order valence-corrected chi connectivity index (χ2v) is 8.14. The summed E-state index contributed by atoms with van der Waals surface area (Å²) >= 11 is 0. The minimum atomic E-state index is -1.45. The third-order valence-electron chi connectivity index (χ3n) is 5.45. The van der Waals surface area contributed by atoms with E-state index in [0.29, 0.717) is 32.2 Å². The molecule has 0 aromatic heterocycles. The van der Waals surface area contributed by atoms with Gasteiger partial charge in [-0.2, -0.15) is 0 Å². The number of nitrogens with one attached hydrogen (secondary N) is 2. The highest BCUT2D eigenvalue weighted by atomic mass is 16.4. The molecular weight excluding hydrogens is 438 g/mol. The number of nitrogens with zero attached hydrogens (tertiary/aromatic N) is 1. The van der Waals surface area contributed by atoms with Crippen molar-refractivity contribution in [3.63, 3.8) is 0 Å². The van der Waals surface area contributed by atoms with E-state index in [1.165, 1.54) is 11.8 Å². The monoisotopic (exact) mass is 473 g/mol. The largest absolute Gasteiger partial charge is 0.481 e. The number of likely N-dealkylation sites (tertiary alicyclic amines) is 1. The number of carboxylic acid groups (broad SMARTS) is 2. The van der Waals surface area contributed by atoms with Crippen LogP contribution in [0, 0.1) is 0 Å². The van der Waals surface area contributed by atoms with Crippen LogP contribution in [0.1, 0.15) is 51.9 Å². The zero-order valence-corrected chi connectivity index (χ0v) is 18.7. The third kappa shape index (κ3) is 8.94. The predicted molar refractivity (Wildman–Crippen MR) is 116 cm³/mol. The van der Waals surface area contributed by atoms with Crippen molar-refractivity contribution in [2.24, 2.45) is 11.5 Å². The van der Waals surface area contributed by atoms with E-state index >= 15 is 0 Å². The number of carboxylic acids is 2. The number of aliphatic hydroxyl groups excluding tert-OH is 1. The van der Waals surface area contributed by atoms with Crippen LogP contribution in [0.2, 0.25) is 0 Å². The zero-order chi connectivity index (χ0) is 25.1. The Balaban J connectivity index is 2.92. The van der Waals surface area contributed by atoms with Crippen molar-refractivity contribution in [3.8, 4) is 0 Å². The third-order valence-corrected chi connectivity index (χ3v) is 5.45. The average Bonchev–Trinajstić information content (AvgIpc) is 3.24. The lowest BCUT2D eigenvalue weighted by Gasteiger charge is -2.29. The van der Waals surface area contributed by atoms with Crippen molar-refractivity contribution in [1.82, 2.24) is 15.5 Å². The van der Waals surface area contributed by atoms with Crippen LogP contribution in [0.3, 0.4) is 0 Å². The fourth-order valence-corrected chi connectivity index (χ4v) is 3.57. The number of rotatable bonds is 14. The first-order chi connectivity index (χ1) is 15.5. The molecule has 0 aromatic carbocycles. The molecule has 0 bridgehead atoms. The Hall–Kier alpha value is -2.77. The maximum atomic E-state index is 13.1. The number of nitrogens with two attached hydrogens (primary N) is 2. The van der Waals surface area contributed by atoms with Crippen molar-refractivity contribution in [2.75, 3.05) is 13.1 Å². The van der Waals surface area contributed by atoms with Crippen LogP contribution in [0.4, 0.5) is 0 Å². The molecule has 5 unspecified atom stereocenters. The number of carbonyl (C=O) groups is 5. The van der Waals surface area contributed by atoms with Crippen molar-refractivity contribution in [3.05, 3.63) is 0 Å². The minimum Gasteiger partial charge on any atom is -0.481 e. The maximum absolute atomic E-state index is 13.1. The normalized spacial score (nSPS) is 19.3. The standard InChI is InChI=1S/C20H35N5O8/c1-11(26)16(24-17(29)12(22)7-8-15(27)28)18(30)23-13(5-2-3-9-21)19(31)25-10-4-6-14(25)20(32)33/h11-14,16,26H,2-10,21-22H2,1H3,(H,23,30)(H,24,29)(H,27,28)(H,32,33). The molecule has 13 heteroatoms. The van der Waals surface area contributed by atoms with Crippen molar-refractivity contribution in [2.45, 2.75) is 82.1 Å². The van der Waals surface area contributed by atoms with Crippen LogP contribution in [0.15, 0.2) is 0 Å². The van der Waals surface area contributed by atoms with Crippen molar-refractivity contribution in [1.29, 1.82) is 0 Å². The number of aliphatic hydroxyl groups is 1. The SMILES string of the molecule is CC(O)C(NC(=O)C(N)CCC(=O)O)C(=O)NC(CCCCN)C(=O)N1CCCC1C(=O)O. The highest BCUT2D eigenvalue weighted by Gasteiger charge is 2.38. The number of aliphatic carboxylic acids is 2. The highest BCUT2D eigenvalue weighted by molar-refractivity contribution is 5.94. The summed E-state index contributed by atoms with van der Waals surface area (Å²) in [6, 6.07) is -4.71. The molecule has 5 atom stereocenters. The van der Waals surface area contributed by atoms with E-state index in [9.17, 15) is 34.2 Å². The first-order valence-electron chi connectivity index (χ1n) is 11.0. The van der Waals surface area contributed by atoms with Gasteiger partial charge in [-0.3, -0.25) is 19.2 Å². The Kier molecular flexibility index (Phi) is 11.7. The van der Waals surface area contributed by atoms with Gasteiger partial charge in [-0.25, -0.2) is 4.79 Å². The molecule has 188 valence electrons. The Bertz CT molecular complexity index is 717. The zero-order valence-electron chi connectivity index (χ0n) is 18.7. The highest BCUT2D eigenvalue weighted by Crippen LogP contribution is 2.20. The maximum Gasteiger partial charge on any atom is 0.326 e. The second-order valence-electron chi connectivity index (χ2n) is 8.14. The molecule has 0 radical (unpaired) electrons. The van der Waals surface area contributed by atoms with Gasteiger partial charge in [0.05, 0.1) is 12.1 Å². The van der Waals surface area contributed by atoms with Gasteiger partial charge in [0.15, 0.2) is 0 Å². The summed E-state index contributed by atoms with van der Waals surface area (Å²) in [5.41, 5.74) is 11.2. The van der Waals surface area contributed by atoms with Gasteiger partial charge in [-0.05, 0) is 52.0 Å². The summed E-state index contributed by atoms with van der Waals surface area (Å²) in [6.45, 7) is 1.88. The van der Waals surface area contributed by atoms with E-state index in [4.69, 9.17) is 16.6 Å². The molecule has 1 fully saturated rings. The summed E-state index contributed by atoms with van der Waals surface area (Å²) in [5, 5.41) is 32.9. The molecule has 33 heavy (non-hydrogen) atoms. The molecule has 0 aliphatic carbocycles. The Morgan fingerprint density at radius 2 is 1.73 bits per heavy atom. The Morgan fingerprint density at radius 3 is 2.27 bits per heavy atom. The molecule has 1 rings (SSSR count). The molecule has 1 aliphatic heterocycles. The molecule has 0 saturated carbocycles. The van der Waals surface area contributed by atoms with E-state index in [2.05, 4.69) is 10.6 Å². The van der Waals surface area contributed by atoms with Crippen molar-refractivity contribution >= 4 is 29.7 Å². The number of hydrogen-bond donors (Lipinski definition) is 7. The number of carbonyl (C=O) groups excluding carboxylic acids is 3. The van der Waals surface area contributed by atoms with E-state index < -0.39 is 59.9 Å². The number of hydrogen-bond acceptors (Lipinski definition) is 8. The van der Waals surface area contributed by atoms with Crippen LogP contribution < -0.4 is 22.1 Å². The first kappa shape index (κ1) is 28.3. The molecule has 1 heterocycles. The van der Waals surface area contributed by atoms with Crippen LogP contribution in [-0.2, 0) is 24.0 Å². The topological polar surface area (TPSA) is 225 Å². The number of unbranched alkanes of at least 4 members (excludes halogenated alkanes) is 1. The molecule has 0 aromatic rings. The number of amides is 3. The Morgan fingerprint density at radius 1 is 1.06 bits per heavy atom. The van der Waals surface area contributed by atoms with E-state index in [-0.39, 0.29) is 25.8 Å². The Labute approximate surface area is 191 Å². The van der Waals surface area contributed by atoms with Crippen LogP contribution >= 0.6 is 0 Å².